The molecule has 1 aromatic heterocycles. The molecule has 138 valence electrons. The van der Waals surface area contributed by atoms with Crippen molar-refractivity contribution < 1.29 is 4.79 Å². The number of piperidine rings is 1. The molecule has 1 atom stereocenters. The van der Waals surface area contributed by atoms with Crippen LogP contribution < -0.4 is 5.32 Å². The lowest BCUT2D eigenvalue weighted by Gasteiger charge is -2.30. The number of carbonyl (C=O) groups is 1. The van der Waals surface area contributed by atoms with Crippen LogP contribution in [0.5, 0.6) is 0 Å². The Balaban J connectivity index is 1.59. The number of anilines is 1. The van der Waals surface area contributed by atoms with E-state index in [0.29, 0.717) is 34.0 Å². The molecule has 3 rings (SSSR count). The number of nitrogens with one attached hydrogen (secondary N) is 1. The average molecular weight is 393 g/mol. The maximum absolute atomic E-state index is 12.6. The van der Waals surface area contributed by atoms with Gasteiger partial charge in [-0.2, -0.15) is 0 Å². The first kappa shape index (κ1) is 18.9. The van der Waals surface area contributed by atoms with Crippen LogP contribution in [-0.4, -0.2) is 40.4 Å². The minimum absolute atomic E-state index is 0.0252. The molecule has 1 fully saturated rings. The van der Waals surface area contributed by atoms with Gasteiger partial charge in [-0.15, -0.1) is 0 Å². The molecule has 1 aliphatic heterocycles. The molecule has 0 saturated carbocycles. The number of likely N-dealkylation sites (tertiary alicyclic amines) is 1. The molecule has 1 aromatic carbocycles. The number of rotatable bonds is 5. The highest BCUT2D eigenvalue weighted by atomic mass is 35.5. The zero-order valence-corrected chi connectivity index (χ0v) is 16.2. The molecule has 2 aromatic rings. The van der Waals surface area contributed by atoms with Crippen LogP contribution in [0, 0.1) is 5.92 Å². The zero-order valence-electron chi connectivity index (χ0n) is 14.7. The number of hydrogen-bond donors (Lipinski definition) is 1. The molecule has 1 saturated heterocycles. The number of benzene rings is 1. The standard InChI is InChI=1S/C19H22Cl2N4O/c1-13-3-2-8-25(11-13)19(26)17-10-18(24-12-23-17)22-7-6-14-4-5-15(20)9-16(14)21/h4-5,9-10,12-13H,2-3,6-8,11H2,1H3,(H,22,23,24). The summed E-state index contributed by atoms with van der Waals surface area (Å²) in [5.41, 5.74) is 1.44. The van der Waals surface area contributed by atoms with Crippen LogP contribution in [-0.2, 0) is 6.42 Å². The van der Waals surface area contributed by atoms with E-state index in [-0.39, 0.29) is 5.91 Å². The molecule has 7 heteroatoms. The van der Waals surface area contributed by atoms with Crippen LogP contribution in [0.4, 0.5) is 5.82 Å². The van der Waals surface area contributed by atoms with Crippen molar-refractivity contribution in [3.8, 4) is 0 Å². The van der Waals surface area contributed by atoms with Crippen LogP contribution in [0.25, 0.3) is 0 Å². The van der Waals surface area contributed by atoms with Crippen molar-refractivity contribution >= 4 is 34.9 Å². The van der Waals surface area contributed by atoms with Gasteiger partial charge in [0.05, 0.1) is 0 Å². The van der Waals surface area contributed by atoms with Gasteiger partial charge in [-0.25, -0.2) is 9.97 Å². The largest absolute Gasteiger partial charge is 0.370 e. The van der Waals surface area contributed by atoms with Crippen molar-refractivity contribution in [3.63, 3.8) is 0 Å². The van der Waals surface area contributed by atoms with Gasteiger partial charge in [0.1, 0.15) is 17.8 Å². The van der Waals surface area contributed by atoms with E-state index in [1.54, 1.807) is 12.1 Å². The highest BCUT2D eigenvalue weighted by Crippen LogP contribution is 2.21. The molecule has 1 amide bonds. The summed E-state index contributed by atoms with van der Waals surface area (Å²) < 4.78 is 0. The van der Waals surface area contributed by atoms with Gasteiger partial charge < -0.3 is 10.2 Å². The molecule has 2 heterocycles. The first-order valence-corrected chi connectivity index (χ1v) is 9.57. The number of carbonyl (C=O) groups excluding carboxylic acids is 1. The Bertz CT molecular complexity index is 784. The topological polar surface area (TPSA) is 58.1 Å². The van der Waals surface area contributed by atoms with Gasteiger partial charge in [0, 0.05) is 35.7 Å². The Labute approximate surface area is 163 Å². The lowest BCUT2D eigenvalue weighted by atomic mass is 10.00. The second-order valence-corrected chi connectivity index (χ2v) is 7.54. The molecule has 26 heavy (non-hydrogen) atoms. The predicted molar refractivity (Wildman–Crippen MR) is 105 cm³/mol. The molecule has 1 aliphatic rings. The SMILES string of the molecule is CC1CCCN(C(=O)c2cc(NCCc3ccc(Cl)cc3Cl)ncn2)C1. The van der Waals surface area contributed by atoms with E-state index < -0.39 is 0 Å². The van der Waals surface area contributed by atoms with Crippen LogP contribution in [0.2, 0.25) is 10.0 Å². The van der Waals surface area contributed by atoms with Crippen molar-refractivity contribution in [2.75, 3.05) is 25.0 Å². The van der Waals surface area contributed by atoms with Crippen molar-refractivity contribution in [1.82, 2.24) is 14.9 Å². The average Bonchev–Trinajstić information content (AvgIpc) is 2.63. The highest BCUT2D eigenvalue weighted by Gasteiger charge is 2.23. The summed E-state index contributed by atoms with van der Waals surface area (Å²) in [7, 11) is 0. The predicted octanol–water partition coefficient (Wildman–Crippen LogP) is 4.31. The molecule has 0 aliphatic carbocycles. The van der Waals surface area contributed by atoms with Crippen LogP contribution in [0.1, 0.15) is 35.8 Å². The highest BCUT2D eigenvalue weighted by molar-refractivity contribution is 6.35. The summed E-state index contributed by atoms with van der Waals surface area (Å²) in [5.74, 6) is 1.15. The number of nitrogens with zero attached hydrogens (tertiary/aromatic N) is 3. The van der Waals surface area contributed by atoms with Gasteiger partial charge >= 0.3 is 0 Å². The van der Waals surface area contributed by atoms with Crippen LogP contribution >= 0.6 is 23.2 Å². The summed E-state index contributed by atoms with van der Waals surface area (Å²) in [4.78, 5) is 22.9. The second-order valence-electron chi connectivity index (χ2n) is 6.70. The van der Waals surface area contributed by atoms with E-state index in [4.69, 9.17) is 23.2 Å². The fraction of sp³-hybridized carbons (Fsp3) is 0.421. The fourth-order valence-electron chi connectivity index (χ4n) is 3.16. The Morgan fingerprint density at radius 1 is 1.31 bits per heavy atom. The fourth-order valence-corrected chi connectivity index (χ4v) is 3.66. The Morgan fingerprint density at radius 2 is 2.15 bits per heavy atom. The molecule has 1 N–H and O–H groups in total. The zero-order chi connectivity index (χ0) is 18.5. The van der Waals surface area contributed by atoms with E-state index >= 15 is 0 Å². The molecule has 0 spiro atoms. The first-order chi connectivity index (χ1) is 12.5. The number of halogens is 2. The smallest absolute Gasteiger partial charge is 0.272 e. The summed E-state index contributed by atoms with van der Waals surface area (Å²) >= 11 is 12.1. The summed E-state index contributed by atoms with van der Waals surface area (Å²) in [6, 6.07) is 7.19. The lowest BCUT2D eigenvalue weighted by molar-refractivity contribution is 0.0677. The van der Waals surface area contributed by atoms with Gasteiger partial charge in [0.2, 0.25) is 0 Å². The van der Waals surface area contributed by atoms with E-state index in [2.05, 4.69) is 22.2 Å². The molecule has 1 unspecified atom stereocenters. The summed E-state index contributed by atoms with van der Waals surface area (Å²) in [5, 5.41) is 4.50. The number of aromatic nitrogens is 2. The normalized spacial score (nSPS) is 17.2. The van der Waals surface area contributed by atoms with Gasteiger partial charge in [-0.05, 0) is 42.9 Å². The van der Waals surface area contributed by atoms with E-state index in [1.807, 2.05) is 17.0 Å². The van der Waals surface area contributed by atoms with Crippen molar-refractivity contribution in [1.29, 1.82) is 0 Å². The third-order valence-corrected chi connectivity index (χ3v) is 5.13. The van der Waals surface area contributed by atoms with Crippen LogP contribution in [0.3, 0.4) is 0 Å². The van der Waals surface area contributed by atoms with E-state index in [0.717, 1.165) is 31.5 Å². The van der Waals surface area contributed by atoms with E-state index in [1.165, 1.54) is 12.7 Å². The first-order valence-electron chi connectivity index (χ1n) is 8.82. The van der Waals surface area contributed by atoms with E-state index in [9.17, 15) is 4.79 Å². The Hall–Kier alpha value is -1.85. The van der Waals surface area contributed by atoms with Gasteiger partial charge in [0.25, 0.3) is 5.91 Å². The molecular formula is C19H22Cl2N4O. The lowest BCUT2D eigenvalue weighted by Crippen LogP contribution is -2.39. The Morgan fingerprint density at radius 3 is 2.92 bits per heavy atom. The maximum atomic E-state index is 12.6. The molecule has 5 nitrogen and oxygen atoms in total. The van der Waals surface area contributed by atoms with Crippen molar-refractivity contribution in [2.45, 2.75) is 26.2 Å². The third kappa shape index (κ3) is 4.86. The summed E-state index contributed by atoms with van der Waals surface area (Å²) in [6.45, 7) is 4.41. The molecule has 0 bridgehead atoms. The monoisotopic (exact) mass is 392 g/mol. The summed E-state index contributed by atoms with van der Waals surface area (Å²) in [6.07, 6.45) is 4.38. The third-order valence-electron chi connectivity index (χ3n) is 4.55. The second kappa shape index (κ2) is 8.69. The molecule has 0 radical (unpaired) electrons. The quantitative estimate of drug-likeness (QED) is 0.823. The number of hydrogen-bond acceptors (Lipinski definition) is 4. The minimum Gasteiger partial charge on any atom is -0.370 e. The van der Waals surface area contributed by atoms with Crippen LogP contribution in [0.15, 0.2) is 30.6 Å². The minimum atomic E-state index is -0.0252. The van der Waals surface area contributed by atoms with Crippen molar-refractivity contribution in [2.24, 2.45) is 5.92 Å². The van der Waals surface area contributed by atoms with Gasteiger partial charge in [-0.3, -0.25) is 4.79 Å². The number of amides is 1. The maximum Gasteiger partial charge on any atom is 0.272 e. The Kier molecular flexibility index (Phi) is 6.33. The molecular weight excluding hydrogens is 371 g/mol. The van der Waals surface area contributed by atoms with Gasteiger partial charge in [0.15, 0.2) is 0 Å². The van der Waals surface area contributed by atoms with Gasteiger partial charge in [-0.1, -0.05) is 36.2 Å². The van der Waals surface area contributed by atoms with Crippen molar-refractivity contribution in [3.05, 3.63) is 51.9 Å².